The lowest BCUT2D eigenvalue weighted by atomic mass is 9.99. The van der Waals surface area contributed by atoms with Crippen LogP contribution in [0.15, 0.2) is 83.7 Å². The Balaban J connectivity index is 1.66. The summed E-state index contributed by atoms with van der Waals surface area (Å²) in [4.78, 5) is 25.5. The molecule has 0 atom stereocenters. The van der Waals surface area contributed by atoms with E-state index in [9.17, 15) is 14.0 Å². The molecule has 0 aliphatic rings. The van der Waals surface area contributed by atoms with E-state index in [0.717, 1.165) is 16.9 Å². The first-order valence-corrected chi connectivity index (χ1v) is 10.0. The molecular weight excluding hydrogens is 393 g/mol. The largest absolute Gasteiger partial charge is 0.322 e. The van der Waals surface area contributed by atoms with Crippen LogP contribution in [0.4, 0.5) is 10.1 Å². The minimum absolute atomic E-state index is 0.0231. The number of nitrogens with one attached hydrogen (secondary N) is 2. The Morgan fingerprint density at radius 3 is 2.23 bits per heavy atom. The third kappa shape index (κ3) is 4.05. The smallest absolute Gasteiger partial charge is 0.279 e. The molecule has 0 aliphatic carbocycles. The van der Waals surface area contributed by atoms with Gasteiger partial charge in [-0.3, -0.25) is 14.7 Å². The number of carbonyl (C=O) groups excluding carboxylic acids is 1. The number of nitrogens with zero attached hydrogens (tertiary/aromatic N) is 1. The molecule has 1 amide bonds. The summed E-state index contributed by atoms with van der Waals surface area (Å²) in [5.41, 5.74) is 3.27. The summed E-state index contributed by atoms with van der Waals surface area (Å²) < 4.78 is 15.4. The minimum atomic E-state index is -0.577. The van der Waals surface area contributed by atoms with E-state index in [0.29, 0.717) is 11.3 Å². The van der Waals surface area contributed by atoms with Gasteiger partial charge in [0.05, 0.1) is 16.8 Å². The molecule has 1 heterocycles. The second kappa shape index (κ2) is 8.44. The molecular formula is C25H22FN3O2. The van der Waals surface area contributed by atoms with Gasteiger partial charge in [0.15, 0.2) is 0 Å². The number of halogens is 1. The number of para-hydroxylation sites is 1. The number of rotatable bonds is 5. The predicted octanol–water partition coefficient (Wildman–Crippen LogP) is 5.35. The van der Waals surface area contributed by atoms with Crippen LogP contribution in [0.5, 0.6) is 0 Å². The molecule has 0 unspecified atom stereocenters. The molecule has 6 heteroatoms. The van der Waals surface area contributed by atoms with E-state index in [1.54, 1.807) is 35.0 Å². The van der Waals surface area contributed by atoms with Crippen LogP contribution in [-0.2, 0) is 0 Å². The van der Waals surface area contributed by atoms with E-state index in [4.69, 9.17) is 0 Å². The average molecular weight is 415 g/mol. The summed E-state index contributed by atoms with van der Waals surface area (Å²) >= 11 is 0. The van der Waals surface area contributed by atoms with Gasteiger partial charge in [-0.05, 0) is 47.9 Å². The van der Waals surface area contributed by atoms with E-state index in [2.05, 4.69) is 10.4 Å². The number of hydrogen-bond donors (Lipinski definition) is 2. The Hall–Kier alpha value is -3.93. The highest BCUT2D eigenvalue weighted by Crippen LogP contribution is 2.27. The van der Waals surface area contributed by atoms with Crippen molar-refractivity contribution in [3.8, 4) is 16.8 Å². The molecule has 0 radical (unpaired) electrons. The normalized spacial score (nSPS) is 11.0. The number of aromatic nitrogens is 2. The van der Waals surface area contributed by atoms with Crippen LogP contribution in [0, 0.1) is 5.82 Å². The van der Waals surface area contributed by atoms with Crippen LogP contribution in [0.25, 0.3) is 16.8 Å². The highest BCUT2D eigenvalue weighted by Gasteiger charge is 2.19. The maximum atomic E-state index is 13.8. The van der Waals surface area contributed by atoms with Gasteiger partial charge in [-0.1, -0.05) is 56.3 Å². The molecule has 1 aromatic heterocycles. The first kappa shape index (κ1) is 20.3. The van der Waals surface area contributed by atoms with Crippen molar-refractivity contribution in [2.24, 2.45) is 0 Å². The zero-order chi connectivity index (χ0) is 22.0. The number of aromatic amines is 1. The van der Waals surface area contributed by atoms with Gasteiger partial charge in [0.2, 0.25) is 0 Å². The predicted molar refractivity (Wildman–Crippen MR) is 120 cm³/mol. The van der Waals surface area contributed by atoms with Gasteiger partial charge in [0, 0.05) is 11.4 Å². The van der Waals surface area contributed by atoms with Crippen LogP contribution >= 0.6 is 0 Å². The summed E-state index contributed by atoms with van der Waals surface area (Å²) in [5.74, 6) is -0.998. The molecule has 5 nitrogen and oxygen atoms in total. The lowest BCUT2D eigenvalue weighted by Crippen LogP contribution is -2.15. The zero-order valence-electron chi connectivity index (χ0n) is 17.2. The number of H-pyrrole nitrogens is 1. The van der Waals surface area contributed by atoms with Crippen molar-refractivity contribution in [1.82, 2.24) is 9.78 Å². The molecule has 2 N–H and O–H groups in total. The van der Waals surface area contributed by atoms with Gasteiger partial charge in [0.1, 0.15) is 5.82 Å². The third-order valence-electron chi connectivity index (χ3n) is 5.06. The number of benzene rings is 3. The number of anilines is 1. The molecule has 0 aliphatic heterocycles. The maximum Gasteiger partial charge on any atom is 0.279 e. The molecule has 0 spiro atoms. The first-order chi connectivity index (χ1) is 15.0. The van der Waals surface area contributed by atoms with Crippen molar-refractivity contribution in [3.05, 3.63) is 106 Å². The van der Waals surface area contributed by atoms with Gasteiger partial charge < -0.3 is 5.32 Å². The van der Waals surface area contributed by atoms with Crippen molar-refractivity contribution in [2.75, 3.05) is 5.32 Å². The minimum Gasteiger partial charge on any atom is -0.322 e. The van der Waals surface area contributed by atoms with Crippen LogP contribution in [0.1, 0.15) is 35.8 Å². The van der Waals surface area contributed by atoms with Gasteiger partial charge in [-0.15, -0.1) is 0 Å². The molecule has 0 saturated heterocycles. The number of amides is 1. The van der Waals surface area contributed by atoms with Crippen molar-refractivity contribution in [3.63, 3.8) is 0 Å². The molecule has 0 fully saturated rings. The van der Waals surface area contributed by atoms with E-state index >= 15 is 0 Å². The van der Waals surface area contributed by atoms with Crippen LogP contribution in [0.3, 0.4) is 0 Å². The van der Waals surface area contributed by atoms with Gasteiger partial charge in [-0.25, -0.2) is 9.07 Å². The van der Waals surface area contributed by atoms with Crippen molar-refractivity contribution >= 4 is 11.6 Å². The van der Waals surface area contributed by atoms with Gasteiger partial charge >= 0.3 is 0 Å². The molecule has 0 saturated carbocycles. The van der Waals surface area contributed by atoms with Crippen molar-refractivity contribution in [2.45, 2.75) is 19.8 Å². The monoisotopic (exact) mass is 415 g/mol. The van der Waals surface area contributed by atoms with Crippen LogP contribution < -0.4 is 10.9 Å². The summed E-state index contributed by atoms with van der Waals surface area (Å²) in [6.45, 7) is 4.04. The fourth-order valence-corrected chi connectivity index (χ4v) is 3.47. The SMILES string of the molecule is CC(C)c1[nH]n(-c2ccccc2)c(=O)c1-c1ccc(NC(=O)c2ccccc2F)cc1. The lowest BCUT2D eigenvalue weighted by Gasteiger charge is -2.08. The second-order valence-corrected chi connectivity index (χ2v) is 7.54. The Kier molecular flexibility index (Phi) is 5.54. The van der Waals surface area contributed by atoms with E-state index in [1.165, 1.54) is 18.2 Å². The molecule has 156 valence electrons. The van der Waals surface area contributed by atoms with E-state index < -0.39 is 11.7 Å². The fourth-order valence-electron chi connectivity index (χ4n) is 3.47. The standard InChI is InChI=1S/C25H22FN3O2/c1-16(2)23-22(25(31)29(28-23)19-8-4-3-5-9-19)17-12-14-18(15-13-17)27-24(30)20-10-6-7-11-21(20)26/h3-16,28H,1-2H3,(H,27,30). The fraction of sp³-hybridized carbons (Fsp3) is 0.120. The summed E-state index contributed by atoms with van der Waals surface area (Å²) in [6.07, 6.45) is 0. The maximum absolute atomic E-state index is 13.8. The van der Waals surface area contributed by atoms with Crippen LogP contribution in [0.2, 0.25) is 0 Å². The Labute approximate surface area is 179 Å². The Bertz CT molecular complexity index is 1270. The Morgan fingerprint density at radius 2 is 1.58 bits per heavy atom. The van der Waals surface area contributed by atoms with Crippen molar-refractivity contribution in [1.29, 1.82) is 0 Å². The average Bonchev–Trinajstić information content (AvgIpc) is 3.12. The van der Waals surface area contributed by atoms with Gasteiger partial charge in [0.25, 0.3) is 11.5 Å². The second-order valence-electron chi connectivity index (χ2n) is 7.54. The zero-order valence-corrected chi connectivity index (χ0v) is 17.2. The van der Waals surface area contributed by atoms with Crippen LogP contribution in [-0.4, -0.2) is 15.7 Å². The molecule has 31 heavy (non-hydrogen) atoms. The Morgan fingerprint density at radius 1 is 0.935 bits per heavy atom. The quantitative estimate of drug-likeness (QED) is 0.462. The molecule has 4 rings (SSSR count). The topological polar surface area (TPSA) is 66.9 Å². The number of carbonyl (C=O) groups is 1. The lowest BCUT2D eigenvalue weighted by molar-refractivity contribution is 0.102. The third-order valence-corrected chi connectivity index (χ3v) is 5.06. The highest BCUT2D eigenvalue weighted by atomic mass is 19.1. The molecule has 0 bridgehead atoms. The van der Waals surface area contributed by atoms with E-state index in [-0.39, 0.29) is 17.0 Å². The highest BCUT2D eigenvalue weighted by molar-refractivity contribution is 6.04. The van der Waals surface area contributed by atoms with Crippen molar-refractivity contribution < 1.29 is 9.18 Å². The molecule has 3 aromatic carbocycles. The summed E-state index contributed by atoms with van der Waals surface area (Å²) in [6, 6.07) is 22.2. The number of hydrogen-bond acceptors (Lipinski definition) is 2. The first-order valence-electron chi connectivity index (χ1n) is 10.0. The van der Waals surface area contributed by atoms with E-state index in [1.807, 2.05) is 44.2 Å². The van der Waals surface area contributed by atoms with Gasteiger partial charge in [-0.2, -0.15) is 0 Å². The molecule has 4 aromatic rings. The summed E-state index contributed by atoms with van der Waals surface area (Å²) in [5, 5.41) is 5.92. The summed E-state index contributed by atoms with van der Waals surface area (Å²) in [7, 11) is 0.